The van der Waals surface area contributed by atoms with Crippen LogP contribution in [0.3, 0.4) is 0 Å². The number of aliphatic hydroxyl groups is 17. The van der Waals surface area contributed by atoms with Crippen LogP contribution in [-0.2, 0) is 61.6 Å². The predicted octanol–water partition coefficient (Wildman–Crippen LogP) is -3.69. The molecule has 17 N–H and O–H groups in total. The van der Waals surface area contributed by atoms with Crippen molar-refractivity contribution in [3.63, 3.8) is 0 Å². The summed E-state index contributed by atoms with van der Waals surface area (Å²) in [6.07, 6.45) is -38.3. The molecule has 0 aromatic carbocycles. The van der Waals surface area contributed by atoms with Crippen LogP contribution in [0.4, 0.5) is 0 Å². The molecule has 546 valence electrons. The van der Waals surface area contributed by atoms with Crippen LogP contribution in [0.2, 0.25) is 0 Å². The molecule has 5 aliphatic carbocycles. The van der Waals surface area contributed by atoms with E-state index in [-0.39, 0.29) is 40.6 Å². The summed E-state index contributed by atoms with van der Waals surface area (Å²) in [7, 11) is 0. The zero-order chi connectivity index (χ0) is 69.3. The normalized spacial score (nSPS) is 54.6. The minimum Gasteiger partial charge on any atom is -0.432 e. The molecule has 11 aliphatic rings. The van der Waals surface area contributed by atoms with Gasteiger partial charge in [-0.05, 0) is 123 Å². The topological polar surface area (TPSA) is 472 Å². The molecule has 30 nitrogen and oxygen atoms in total. The monoisotopic (exact) mass is 1370 g/mol. The van der Waals surface area contributed by atoms with Gasteiger partial charge in [-0.25, -0.2) is 0 Å². The van der Waals surface area contributed by atoms with Gasteiger partial charge in [0.15, 0.2) is 31.5 Å². The lowest BCUT2D eigenvalue weighted by Crippen LogP contribution is -2.66. The summed E-state index contributed by atoms with van der Waals surface area (Å²) >= 11 is 0. The molecule has 30 heteroatoms. The SMILES string of the molecule is CC1OC(OC2C(CO)OC(OCC3OC(OC(=O)[C@]45CCC(C)(C)CC4C4=CCC6[C@@]7(C)CC[C@H](OC8OCC(OC9OC(CO)C(O)C(O)C9O)C(O)C8OC8OC(C)C(O)C(O)C8O)C(C)(C)C7CC[C@@]6(C)[C@]4(C)CC5)C(O)C(O)C3O)C(O)C2O)C(O)C(O)C1O. The summed E-state index contributed by atoms with van der Waals surface area (Å²) in [5.41, 5.74) is -1.58. The van der Waals surface area contributed by atoms with Gasteiger partial charge >= 0.3 is 5.97 Å². The molecule has 0 radical (unpaired) electrons. The highest BCUT2D eigenvalue weighted by atomic mass is 16.8. The van der Waals surface area contributed by atoms with E-state index in [0.29, 0.717) is 44.9 Å². The van der Waals surface area contributed by atoms with Gasteiger partial charge in [-0.2, -0.15) is 0 Å². The third kappa shape index (κ3) is 12.9. The van der Waals surface area contributed by atoms with Crippen LogP contribution >= 0.6 is 0 Å². The van der Waals surface area contributed by atoms with Crippen molar-refractivity contribution < 1.29 is 148 Å². The zero-order valence-electron chi connectivity index (χ0n) is 55.4. The maximum absolute atomic E-state index is 15.3. The molecule has 95 heavy (non-hydrogen) atoms. The molecule has 10 fully saturated rings. The molecule has 0 aromatic heterocycles. The molecule has 6 heterocycles. The van der Waals surface area contributed by atoms with Gasteiger partial charge in [0.25, 0.3) is 0 Å². The number of fused-ring (bicyclic) bond motifs is 7. The first kappa shape index (κ1) is 74.3. The molecule has 6 saturated heterocycles. The van der Waals surface area contributed by atoms with Crippen LogP contribution in [0.15, 0.2) is 11.6 Å². The highest BCUT2D eigenvalue weighted by molar-refractivity contribution is 5.79. The summed E-state index contributed by atoms with van der Waals surface area (Å²) in [6, 6.07) is 0. The van der Waals surface area contributed by atoms with E-state index in [4.69, 9.17) is 56.8 Å². The van der Waals surface area contributed by atoms with Gasteiger partial charge in [0.1, 0.15) is 128 Å². The van der Waals surface area contributed by atoms with Crippen molar-refractivity contribution in [1.82, 2.24) is 0 Å². The molecular weight excluding hydrogens is 1260 g/mol. The average molecular weight is 1370 g/mol. The number of carbonyl (C=O) groups excluding carboxylic acids is 1. The Labute approximate surface area is 551 Å². The number of ether oxygens (including phenoxy) is 12. The Bertz CT molecular complexity index is 2670. The molecule has 6 aliphatic heterocycles. The van der Waals surface area contributed by atoms with Crippen molar-refractivity contribution in [2.75, 3.05) is 26.4 Å². The Morgan fingerprint density at radius 3 is 1.63 bits per heavy atom. The second-order valence-corrected chi connectivity index (χ2v) is 31.4. The Kier molecular flexibility index (Phi) is 21.7. The third-order valence-corrected chi connectivity index (χ3v) is 25.2. The summed E-state index contributed by atoms with van der Waals surface area (Å²) in [5.74, 6) is -0.696. The number of hydrogen-bond acceptors (Lipinski definition) is 30. The number of allylic oxidation sites excluding steroid dienone is 2. The summed E-state index contributed by atoms with van der Waals surface area (Å²) in [5, 5.41) is 184. The van der Waals surface area contributed by atoms with E-state index in [1.807, 2.05) is 0 Å². The minimum atomic E-state index is -1.91. The minimum absolute atomic E-state index is 0.0735. The van der Waals surface area contributed by atoms with Crippen molar-refractivity contribution in [1.29, 1.82) is 0 Å². The molecule has 0 spiro atoms. The Morgan fingerprint density at radius 2 is 1.02 bits per heavy atom. The Hall–Kier alpha value is -1.91. The van der Waals surface area contributed by atoms with Gasteiger partial charge in [-0.15, -0.1) is 0 Å². The fourth-order valence-electron chi connectivity index (χ4n) is 19.0. The summed E-state index contributed by atoms with van der Waals surface area (Å²) in [4.78, 5) is 15.3. The van der Waals surface area contributed by atoms with Crippen LogP contribution in [0.25, 0.3) is 0 Å². The van der Waals surface area contributed by atoms with E-state index in [2.05, 4.69) is 54.5 Å². The standard InChI is InChI=1S/C65H106O30/c1-25-36(68)41(73)46(78)54(86-25)93-51-30(22-67)89-53(50(82)45(51)77)84-23-31-39(71)44(76)49(81)57(90-31)95-59(83)65-18-16-60(3,4)20-28(65)27-10-11-34-62(7)14-13-35(61(5,6)33(62)12-15-64(34,9)63(27,8)17-19-65)92-58-52(94-55-47(79)42(74)37(69)26(2)87-55)40(72)32(24-85-58)91-56-48(80)43(75)38(70)29(21-66)88-56/h10,25-26,28-58,66-82H,11-24H2,1-9H3/t25?,26?,28?,29?,30?,31?,32?,33?,34?,35-,36?,37?,38?,39?,40?,41?,42?,43?,44?,45?,46?,47?,48?,49?,50?,51?,52?,53?,54?,55?,56?,57?,58?,62-,63+,64+,65-/m0/s1. The Morgan fingerprint density at radius 1 is 0.495 bits per heavy atom. The number of esters is 1. The Balaban J connectivity index is 0.779. The van der Waals surface area contributed by atoms with Gasteiger partial charge in [0, 0.05) is 0 Å². The van der Waals surface area contributed by atoms with Crippen LogP contribution < -0.4 is 0 Å². The van der Waals surface area contributed by atoms with E-state index >= 15 is 4.79 Å². The largest absolute Gasteiger partial charge is 0.432 e. The van der Waals surface area contributed by atoms with E-state index < -0.39 is 226 Å². The van der Waals surface area contributed by atoms with Crippen molar-refractivity contribution in [2.24, 2.45) is 50.2 Å². The van der Waals surface area contributed by atoms with Crippen molar-refractivity contribution in [3.8, 4) is 0 Å². The fraction of sp³-hybridized carbons (Fsp3) is 0.954. The molecule has 37 atom stereocenters. The lowest BCUT2D eigenvalue weighted by atomic mass is 9.33. The second-order valence-electron chi connectivity index (χ2n) is 31.4. The van der Waals surface area contributed by atoms with Crippen LogP contribution in [-0.4, -0.2) is 303 Å². The first-order chi connectivity index (χ1) is 44.5. The molecule has 0 amide bonds. The van der Waals surface area contributed by atoms with Gasteiger partial charge in [-0.1, -0.05) is 60.1 Å². The highest BCUT2D eigenvalue weighted by Gasteiger charge is 2.71. The molecular formula is C65H106O30. The number of rotatable bonds is 15. The average Bonchev–Trinajstić information content (AvgIpc) is 0.676. The quantitative estimate of drug-likeness (QED) is 0.0426. The first-order valence-corrected chi connectivity index (χ1v) is 34.0. The van der Waals surface area contributed by atoms with Gasteiger partial charge in [-0.3, -0.25) is 4.79 Å². The van der Waals surface area contributed by atoms with Crippen LogP contribution in [0, 0.1) is 50.2 Å². The van der Waals surface area contributed by atoms with E-state index in [1.54, 1.807) is 0 Å². The van der Waals surface area contributed by atoms with Gasteiger partial charge in [0.2, 0.25) is 6.29 Å². The maximum atomic E-state index is 15.3. The fourth-order valence-corrected chi connectivity index (χ4v) is 19.0. The first-order valence-electron chi connectivity index (χ1n) is 34.0. The van der Waals surface area contributed by atoms with E-state index in [0.717, 1.165) is 19.3 Å². The predicted molar refractivity (Wildman–Crippen MR) is 319 cm³/mol. The number of hydrogen-bond donors (Lipinski definition) is 17. The number of carbonyl (C=O) groups is 1. The van der Waals surface area contributed by atoms with E-state index in [1.165, 1.54) is 19.4 Å². The molecule has 32 unspecified atom stereocenters. The van der Waals surface area contributed by atoms with E-state index in [9.17, 15) is 86.8 Å². The van der Waals surface area contributed by atoms with Gasteiger partial charge in [0.05, 0.1) is 50.2 Å². The zero-order valence-corrected chi connectivity index (χ0v) is 55.4. The van der Waals surface area contributed by atoms with Gasteiger partial charge < -0.3 is 144 Å². The smallest absolute Gasteiger partial charge is 0.315 e. The molecule has 4 saturated carbocycles. The number of aliphatic hydroxyl groups excluding tert-OH is 17. The van der Waals surface area contributed by atoms with Crippen molar-refractivity contribution in [2.45, 2.75) is 311 Å². The van der Waals surface area contributed by atoms with Crippen molar-refractivity contribution in [3.05, 3.63) is 11.6 Å². The molecule has 11 rings (SSSR count). The molecule has 0 aromatic rings. The lowest BCUT2D eigenvalue weighted by Gasteiger charge is -2.71. The lowest BCUT2D eigenvalue weighted by molar-refractivity contribution is -0.380. The van der Waals surface area contributed by atoms with Crippen LogP contribution in [0.5, 0.6) is 0 Å². The van der Waals surface area contributed by atoms with Crippen molar-refractivity contribution >= 4 is 5.97 Å². The third-order valence-electron chi connectivity index (χ3n) is 25.2. The highest BCUT2D eigenvalue weighted by Crippen LogP contribution is 2.76. The summed E-state index contributed by atoms with van der Waals surface area (Å²) in [6.45, 7) is 16.2. The second kappa shape index (κ2) is 27.7. The van der Waals surface area contributed by atoms with Crippen LogP contribution in [0.1, 0.15) is 127 Å². The summed E-state index contributed by atoms with van der Waals surface area (Å²) < 4.78 is 72.0. The molecule has 0 bridgehead atoms. The maximum Gasteiger partial charge on any atom is 0.315 e.